The summed E-state index contributed by atoms with van der Waals surface area (Å²) in [5, 5.41) is 15.3. The van der Waals surface area contributed by atoms with Crippen molar-refractivity contribution in [2.45, 2.75) is 38.6 Å². The largest absolute Gasteiger partial charge is 0.489 e. The molecule has 0 saturated heterocycles. The molecule has 2 unspecified atom stereocenters. The zero-order chi connectivity index (χ0) is 42.2. The van der Waals surface area contributed by atoms with Gasteiger partial charge < -0.3 is 34.9 Å². The maximum absolute atomic E-state index is 13.5. The van der Waals surface area contributed by atoms with E-state index in [9.17, 15) is 19.2 Å². The number of hydrogen-bond acceptors (Lipinski definition) is 8. The van der Waals surface area contributed by atoms with Gasteiger partial charge in [0, 0.05) is 36.5 Å². The Morgan fingerprint density at radius 1 is 0.850 bits per heavy atom. The van der Waals surface area contributed by atoms with Crippen LogP contribution in [-0.2, 0) is 34.0 Å². The molecule has 2 aliphatic rings. The first-order valence-corrected chi connectivity index (χ1v) is 19.6. The fourth-order valence-corrected chi connectivity index (χ4v) is 6.89. The number of nitrogens with zero attached hydrogens (tertiary/aromatic N) is 2. The summed E-state index contributed by atoms with van der Waals surface area (Å²) in [7, 11) is 0. The smallest absolute Gasteiger partial charge is 0.322 e. The van der Waals surface area contributed by atoms with Crippen LogP contribution in [0.2, 0.25) is 10.0 Å². The zero-order valence-corrected chi connectivity index (χ0v) is 33.7. The number of hydrogen-bond donors (Lipinski definition) is 3. The fraction of sp³-hybridized carbons (Fsp3) is 0.152. The standard InChI is InChI=1S/C34H27Cl2N3O7.C12H11NO/c35-25-11-6-19(12-26(25)36)18-45-24-9-7-20(8-10-24)31-33(43)38-27-13-22-14-28(32(42)37-16-30(40)41)39(17-23(22)15-29(27)46-31)34(44)21-4-2-1-3-5-21;1-10-2-4-11(5-3-10)14-12-6-8-13-9-7-12/h1-13,15,28,31H,14,16-18H2,(H,37,42)(H,38,43)(H,40,41);2-9H,1H3. The molecule has 0 aliphatic carbocycles. The highest BCUT2D eigenvalue weighted by Crippen LogP contribution is 2.40. The third-order valence-electron chi connectivity index (χ3n) is 9.65. The molecule has 60 heavy (non-hydrogen) atoms. The Hall–Kier alpha value is -6.89. The summed E-state index contributed by atoms with van der Waals surface area (Å²) in [4.78, 5) is 56.2. The van der Waals surface area contributed by atoms with Gasteiger partial charge in [-0.1, -0.05) is 77.3 Å². The van der Waals surface area contributed by atoms with Crippen molar-refractivity contribution in [2.24, 2.45) is 0 Å². The summed E-state index contributed by atoms with van der Waals surface area (Å²) in [6.07, 6.45) is 2.61. The third kappa shape index (κ3) is 10.2. The highest BCUT2D eigenvalue weighted by Gasteiger charge is 2.37. The van der Waals surface area contributed by atoms with Crippen LogP contribution in [0.15, 0.2) is 134 Å². The molecule has 1 aromatic heterocycles. The minimum Gasteiger partial charge on any atom is -0.489 e. The van der Waals surface area contributed by atoms with E-state index in [-0.39, 0.29) is 31.4 Å². The monoisotopic (exact) mass is 844 g/mol. The van der Waals surface area contributed by atoms with Crippen LogP contribution in [0.3, 0.4) is 0 Å². The molecule has 0 radical (unpaired) electrons. The van der Waals surface area contributed by atoms with Gasteiger partial charge in [0.2, 0.25) is 12.0 Å². The van der Waals surface area contributed by atoms with Crippen LogP contribution in [0.5, 0.6) is 23.0 Å². The lowest BCUT2D eigenvalue weighted by atomic mass is 9.91. The first kappa shape index (κ1) is 41.3. The molecule has 12 nitrogen and oxygen atoms in total. The van der Waals surface area contributed by atoms with Gasteiger partial charge in [-0.05, 0) is 96.4 Å². The molecule has 0 saturated carbocycles. The number of carbonyl (C=O) groups excluding carboxylic acids is 3. The lowest BCUT2D eigenvalue weighted by Crippen LogP contribution is -2.53. The number of nitrogens with one attached hydrogen (secondary N) is 2. The first-order valence-electron chi connectivity index (χ1n) is 18.8. The Morgan fingerprint density at radius 3 is 2.25 bits per heavy atom. The summed E-state index contributed by atoms with van der Waals surface area (Å²) in [5.74, 6) is 0.150. The van der Waals surface area contributed by atoms with E-state index in [2.05, 4.69) is 22.5 Å². The number of fused-ring (bicyclic) bond motifs is 2. The number of aromatic nitrogens is 1. The lowest BCUT2D eigenvalue weighted by Gasteiger charge is -2.37. The van der Waals surface area contributed by atoms with Crippen LogP contribution in [-0.4, -0.2) is 51.3 Å². The van der Waals surface area contributed by atoms with E-state index in [1.54, 1.807) is 91.3 Å². The Labute approximate surface area is 355 Å². The number of aryl methyl sites for hydroxylation is 1. The van der Waals surface area contributed by atoms with Gasteiger partial charge in [-0.3, -0.25) is 24.2 Å². The Kier molecular flexibility index (Phi) is 12.9. The highest BCUT2D eigenvalue weighted by atomic mass is 35.5. The number of rotatable bonds is 10. The van der Waals surface area contributed by atoms with Crippen LogP contribution in [0.25, 0.3) is 0 Å². The molecule has 6 aromatic rings. The highest BCUT2D eigenvalue weighted by molar-refractivity contribution is 6.42. The summed E-state index contributed by atoms with van der Waals surface area (Å²) >= 11 is 12.1. The van der Waals surface area contributed by atoms with E-state index < -0.39 is 30.6 Å². The minimum absolute atomic E-state index is 0.0777. The summed E-state index contributed by atoms with van der Waals surface area (Å²) in [5.41, 5.74) is 5.00. The summed E-state index contributed by atoms with van der Waals surface area (Å²) in [6, 6.07) is 35.0. The van der Waals surface area contributed by atoms with Crippen molar-refractivity contribution < 1.29 is 38.5 Å². The van der Waals surface area contributed by atoms with E-state index in [4.69, 9.17) is 42.5 Å². The van der Waals surface area contributed by atoms with Crippen LogP contribution in [0, 0.1) is 6.92 Å². The number of carboxylic acids is 1. The molecule has 2 aliphatic heterocycles. The lowest BCUT2D eigenvalue weighted by molar-refractivity contribution is -0.138. The molecule has 5 aromatic carbocycles. The molecular weight excluding hydrogens is 807 g/mol. The number of carboxylic acid groups (broad SMARTS) is 1. The van der Waals surface area contributed by atoms with Crippen molar-refractivity contribution in [1.82, 2.24) is 15.2 Å². The fourth-order valence-electron chi connectivity index (χ4n) is 6.57. The molecule has 2 atom stereocenters. The van der Waals surface area contributed by atoms with Gasteiger partial charge in [-0.25, -0.2) is 0 Å². The second kappa shape index (κ2) is 18.8. The van der Waals surface area contributed by atoms with Gasteiger partial charge >= 0.3 is 5.97 Å². The number of benzene rings is 5. The average Bonchev–Trinajstić information content (AvgIpc) is 3.26. The second-order valence-electron chi connectivity index (χ2n) is 13.9. The summed E-state index contributed by atoms with van der Waals surface area (Å²) < 4.78 is 17.6. The van der Waals surface area contributed by atoms with Gasteiger partial charge in [0.25, 0.3) is 11.8 Å². The van der Waals surface area contributed by atoms with Crippen LogP contribution >= 0.6 is 23.2 Å². The van der Waals surface area contributed by atoms with E-state index in [0.717, 1.165) is 28.2 Å². The average molecular weight is 846 g/mol. The molecule has 3 heterocycles. The number of aliphatic carboxylic acids is 1. The van der Waals surface area contributed by atoms with Gasteiger partial charge in [0.05, 0.1) is 15.7 Å². The Morgan fingerprint density at radius 2 is 1.55 bits per heavy atom. The number of ether oxygens (including phenoxy) is 3. The normalized spacial score (nSPS) is 15.1. The SMILES string of the molecule is Cc1ccc(Oc2ccncc2)cc1.O=C(O)CNC(=O)C1Cc2cc3c(cc2CN1C(=O)c1ccccc1)OC(c1ccc(OCc2ccc(Cl)c(Cl)c2)cc1)C(=O)N3. The van der Waals surface area contributed by atoms with E-state index in [1.165, 1.54) is 10.5 Å². The number of carbonyl (C=O) groups is 4. The van der Waals surface area contributed by atoms with Crippen molar-refractivity contribution in [3.63, 3.8) is 0 Å². The van der Waals surface area contributed by atoms with Crippen molar-refractivity contribution in [3.8, 4) is 23.0 Å². The van der Waals surface area contributed by atoms with Gasteiger partial charge in [-0.2, -0.15) is 0 Å². The molecule has 8 rings (SSSR count). The molecule has 0 fully saturated rings. The zero-order valence-electron chi connectivity index (χ0n) is 32.1. The molecule has 3 amide bonds. The van der Waals surface area contributed by atoms with Crippen molar-refractivity contribution >= 4 is 52.6 Å². The Bertz CT molecular complexity index is 2510. The van der Waals surface area contributed by atoms with Crippen molar-refractivity contribution in [2.75, 3.05) is 11.9 Å². The number of halogens is 2. The van der Waals surface area contributed by atoms with E-state index >= 15 is 0 Å². The molecule has 0 spiro atoms. The van der Waals surface area contributed by atoms with Gasteiger partial charge in [0.15, 0.2) is 0 Å². The Balaban J connectivity index is 0.000000327. The van der Waals surface area contributed by atoms with Gasteiger partial charge in [-0.15, -0.1) is 0 Å². The quantitative estimate of drug-likeness (QED) is 0.123. The molecule has 14 heteroatoms. The predicted octanol–water partition coefficient (Wildman–Crippen LogP) is 8.59. The van der Waals surface area contributed by atoms with Crippen molar-refractivity contribution in [3.05, 3.63) is 177 Å². The number of amides is 3. The molecule has 0 bridgehead atoms. The maximum atomic E-state index is 13.5. The molecular formula is C46H38Cl2N4O8. The topological polar surface area (TPSA) is 156 Å². The summed E-state index contributed by atoms with van der Waals surface area (Å²) in [6.45, 7) is 1.83. The van der Waals surface area contributed by atoms with Crippen molar-refractivity contribution in [1.29, 1.82) is 0 Å². The molecule has 3 N–H and O–H groups in total. The molecule has 304 valence electrons. The van der Waals surface area contributed by atoms with E-state index in [1.807, 2.05) is 42.5 Å². The van der Waals surface area contributed by atoms with Crippen LogP contribution in [0.4, 0.5) is 5.69 Å². The van der Waals surface area contributed by atoms with E-state index in [0.29, 0.717) is 38.4 Å². The number of anilines is 1. The predicted molar refractivity (Wildman–Crippen MR) is 226 cm³/mol. The minimum atomic E-state index is -1.19. The van der Waals surface area contributed by atoms with Gasteiger partial charge in [0.1, 0.15) is 42.2 Å². The number of pyridine rings is 1. The van der Waals surface area contributed by atoms with Crippen LogP contribution in [0.1, 0.15) is 44.3 Å². The third-order valence-corrected chi connectivity index (χ3v) is 10.4. The van der Waals surface area contributed by atoms with Crippen LogP contribution < -0.4 is 24.8 Å². The first-order chi connectivity index (χ1) is 29.0. The second-order valence-corrected chi connectivity index (χ2v) is 14.8. The maximum Gasteiger partial charge on any atom is 0.322 e.